The van der Waals surface area contributed by atoms with E-state index in [9.17, 15) is 4.79 Å². The molecule has 3 heteroatoms. The number of rotatable bonds is 4. The van der Waals surface area contributed by atoms with Crippen LogP contribution >= 0.6 is 0 Å². The minimum absolute atomic E-state index is 0.431. The maximum absolute atomic E-state index is 10.4. The Balaban J connectivity index is 4.08. The third kappa shape index (κ3) is 2.08. The van der Waals surface area contributed by atoms with Crippen LogP contribution in [0, 0.1) is 0 Å². The molecule has 0 heterocycles. The number of carbonyl (C=O) groups is 1. The number of aldehydes is 1. The minimum Gasteiger partial charge on any atom is -0.390 e. The van der Waals surface area contributed by atoms with Crippen LogP contribution in [0.25, 0.3) is 0 Å². The van der Waals surface area contributed by atoms with Gasteiger partial charge in [0.05, 0.1) is 6.10 Å². The highest BCUT2D eigenvalue weighted by Gasteiger charge is 2.29. The molecule has 3 nitrogen and oxygen atoms in total. The third-order valence-electron chi connectivity index (χ3n) is 1.52. The van der Waals surface area contributed by atoms with Gasteiger partial charge in [-0.25, -0.2) is 0 Å². The summed E-state index contributed by atoms with van der Waals surface area (Å²) in [7, 11) is 0. The molecule has 0 aliphatic carbocycles. The second-order valence-corrected chi connectivity index (χ2v) is 2.41. The fourth-order valence-corrected chi connectivity index (χ4v) is 0.564. The van der Waals surface area contributed by atoms with Crippen molar-refractivity contribution >= 4 is 6.29 Å². The zero-order valence-electron chi connectivity index (χ0n) is 6.63. The molecule has 0 aliphatic heterocycles. The summed E-state index contributed by atoms with van der Waals surface area (Å²) in [5, 5.41) is 9.05. The van der Waals surface area contributed by atoms with Gasteiger partial charge in [-0.2, -0.15) is 0 Å². The summed E-state index contributed by atoms with van der Waals surface area (Å²) in [5.74, 6) is 0. The van der Waals surface area contributed by atoms with Crippen LogP contribution < -0.4 is 0 Å². The van der Waals surface area contributed by atoms with Crippen LogP contribution in [0.2, 0.25) is 0 Å². The van der Waals surface area contributed by atoms with Gasteiger partial charge in [0.2, 0.25) is 0 Å². The highest BCUT2D eigenvalue weighted by Crippen LogP contribution is 2.11. The summed E-state index contributed by atoms with van der Waals surface area (Å²) in [6, 6.07) is 0. The maximum atomic E-state index is 10.4. The Morgan fingerprint density at radius 2 is 2.30 bits per heavy atom. The second kappa shape index (κ2) is 3.68. The van der Waals surface area contributed by atoms with Crippen molar-refractivity contribution in [3.8, 4) is 0 Å². The van der Waals surface area contributed by atoms with Crippen LogP contribution in [0.1, 0.15) is 20.8 Å². The summed E-state index contributed by atoms with van der Waals surface area (Å²) >= 11 is 0. The van der Waals surface area contributed by atoms with Crippen LogP contribution in [0.5, 0.6) is 0 Å². The van der Waals surface area contributed by atoms with Crippen molar-refractivity contribution in [2.75, 3.05) is 6.61 Å². The van der Waals surface area contributed by atoms with Crippen molar-refractivity contribution in [1.82, 2.24) is 0 Å². The quantitative estimate of drug-likeness (QED) is 0.582. The van der Waals surface area contributed by atoms with Gasteiger partial charge in [0, 0.05) is 6.61 Å². The number of hydrogen-bond acceptors (Lipinski definition) is 3. The molecule has 10 heavy (non-hydrogen) atoms. The molecule has 0 radical (unpaired) electrons. The molecule has 0 spiro atoms. The maximum Gasteiger partial charge on any atom is 0.154 e. The van der Waals surface area contributed by atoms with Gasteiger partial charge in [-0.15, -0.1) is 0 Å². The van der Waals surface area contributed by atoms with Gasteiger partial charge >= 0.3 is 0 Å². The number of aliphatic hydroxyl groups is 1. The van der Waals surface area contributed by atoms with Crippen molar-refractivity contribution in [2.45, 2.75) is 32.5 Å². The highest BCUT2D eigenvalue weighted by atomic mass is 16.5. The van der Waals surface area contributed by atoms with Gasteiger partial charge in [-0.3, -0.25) is 0 Å². The first-order valence-corrected chi connectivity index (χ1v) is 3.35. The number of carbonyl (C=O) groups excluding carboxylic acids is 1. The predicted octanol–water partition coefficient (Wildman–Crippen LogP) is 0.361. The molecule has 0 saturated heterocycles. The molecule has 0 rings (SSSR count). The summed E-state index contributed by atoms with van der Waals surface area (Å²) in [4.78, 5) is 10.4. The standard InChI is InChI=1S/C7H14O3/c1-4-10-7(3,5-8)6(2)9/h5-6,9H,4H2,1-3H3. The van der Waals surface area contributed by atoms with E-state index >= 15 is 0 Å². The summed E-state index contributed by atoms with van der Waals surface area (Å²) in [6.45, 7) is 5.31. The van der Waals surface area contributed by atoms with E-state index in [0.717, 1.165) is 0 Å². The van der Waals surface area contributed by atoms with E-state index in [1.165, 1.54) is 6.92 Å². The van der Waals surface area contributed by atoms with Gasteiger partial charge in [0.25, 0.3) is 0 Å². The topological polar surface area (TPSA) is 46.5 Å². The average molecular weight is 146 g/mol. The summed E-state index contributed by atoms with van der Waals surface area (Å²) in [5.41, 5.74) is -1.03. The molecule has 0 aromatic rings. The van der Waals surface area contributed by atoms with Crippen molar-refractivity contribution in [3.63, 3.8) is 0 Å². The van der Waals surface area contributed by atoms with E-state index in [-0.39, 0.29) is 0 Å². The van der Waals surface area contributed by atoms with E-state index in [1.54, 1.807) is 13.8 Å². The monoisotopic (exact) mass is 146 g/mol. The van der Waals surface area contributed by atoms with Crippen LogP contribution in [0.3, 0.4) is 0 Å². The zero-order chi connectivity index (χ0) is 8.20. The molecule has 2 unspecified atom stereocenters. The highest BCUT2D eigenvalue weighted by molar-refractivity contribution is 5.62. The zero-order valence-corrected chi connectivity index (χ0v) is 6.63. The van der Waals surface area contributed by atoms with Crippen molar-refractivity contribution in [2.24, 2.45) is 0 Å². The van der Waals surface area contributed by atoms with E-state index in [1.807, 2.05) is 0 Å². The lowest BCUT2D eigenvalue weighted by Gasteiger charge is -2.25. The molecular formula is C7H14O3. The largest absolute Gasteiger partial charge is 0.390 e. The average Bonchev–Trinajstić information content (AvgIpc) is 1.88. The van der Waals surface area contributed by atoms with E-state index in [0.29, 0.717) is 12.9 Å². The fourth-order valence-electron chi connectivity index (χ4n) is 0.564. The Bertz CT molecular complexity index is 111. The van der Waals surface area contributed by atoms with Crippen molar-refractivity contribution < 1.29 is 14.6 Å². The molecule has 0 aromatic heterocycles. The van der Waals surface area contributed by atoms with Crippen molar-refractivity contribution in [1.29, 1.82) is 0 Å². The lowest BCUT2D eigenvalue weighted by molar-refractivity contribution is -0.142. The van der Waals surface area contributed by atoms with Crippen LogP contribution in [0.15, 0.2) is 0 Å². The van der Waals surface area contributed by atoms with Gasteiger partial charge in [0.1, 0.15) is 5.60 Å². The lowest BCUT2D eigenvalue weighted by atomic mass is 10.0. The molecule has 0 amide bonds. The fraction of sp³-hybridized carbons (Fsp3) is 0.857. The summed E-state index contributed by atoms with van der Waals surface area (Å²) in [6.07, 6.45) is -0.133. The van der Waals surface area contributed by atoms with Crippen molar-refractivity contribution in [3.05, 3.63) is 0 Å². The van der Waals surface area contributed by atoms with E-state index < -0.39 is 11.7 Å². The molecule has 60 valence electrons. The van der Waals surface area contributed by atoms with Gasteiger partial charge < -0.3 is 14.6 Å². The smallest absolute Gasteiger partial charge is 0.154 e. The molecule has 0 aromatic carbocycles. The Kier molecular flexibility index (Phi) is 3.53. The molecular weight excluding hydrogens is 132 g/mol. The summed E-state index contributed by atoms with van der Waals surface area (Å²) < 4.78 is 5.02. The Morgan fingerprint density at radius 3 is 2.40 bits per heavy atom. The molecule has 0 aliphatic rings. The second-order valence-electron chi connectivity index (χ2n) is 2.41. The first-order chi connectivity index (χ1) is 4.56. The van der Waals surface area contributed by atoms with Gasteiger partial charge in [0.15, 0.2) is 6.29 Å². The van der Waals surface area contributed by atoms with Gasteiger partial charge in [-0.1, -0.05) is 0 Å². The molecule has 0 bridgehead atoms. The minimum atomic E-state index is -1.03. The number of aliphatic hydroxyl groups excluding tert-OH is 1. The normalized spacial score (nSPS) is 19.6. The predicted molar refractivity (Wildman–Crippen MR) is 37.8 cm³/mol. The molecule has 2 atom stereocenters. The lowest BCUT2D eigenvalue weighted by Crippen LogP contribution is -2.41. The van der Waals surface area contributed by atoms with E-state index in [4.69, 9.17) is 9.84 Å². The van der Waals surface area contributed by atoms with E-state index in [2.05, 4.69) is 0 Å². The first kappa shape index (κ1) is 9.59. The molecule has 0 fully saturated rings. The number of ether oxygens (including phenoxy) is 1. The first-order valence-electron chi connectivity index (χ1n) is 3.35. The third-order valence-corrected chi connectivity index (χ3v) is 1.52. The Morgan fingerprint density at radius 1 is 1.80 bits per heavy atom. The SMILES string of the molecule is CCOC(C)(C=O)C(C)O. The molecule has 0 saturated carbocycles. The number of hydrogen-bond donors (Lipinski definition) is 1. The van der Waals surface area contributed by atoms with Crippen LogP contribution in [-0.4, -0.2) is 29.7 Å². The van der Waals surface area contributed by atoms with Gasteiger partial charge in [-0.05, 0) is 20.8 Å². The Labute approximate surface area is 61.0 Å². The molecule has 1 N–H and O–H groups in total. The van der Waals surface area contributed by atoms with Crippen LogP contribution in [0.4, 0.5) is 0 Å². The van der Waals surface area contributed by atoms with Crippen LogP contribution in [-0.2, 0) is 9.53 Å². The Hall–Kier alpha value is -0.410.